The zero-order valence-corrected chi connectivity index (χ0v) is 10.5. The van der Waals surface area contributed by atoms with Gasteiger partial charge in [0.15, 0.2) is 5.82 Å². The van der Waals surface area contributed by atoms with Gasteiger partial charge in [-0.1, -0.05) is 0 Å². The van der Waals surface area contributed by atoms with E-state index < -0.39 is 24.9 Å². The largest absolute Gasteiger partial charge is 0.383 e. The number of alkyl halides is 4. The number of hydrogen-bond donors (Lipinski definition) is 1. The second-order valence-electron chi connectivity index (χ2n) is 3.93. The zero-order chi connectivity index (χ0) is 14.5. The summed E-state index contributed by atoms with van der Waals surface area (Å²) in [6.45, 7) is 1.25. The number of nitrogens with one attached hydrogen (secondary N) is 1. The molecule has 1 N–H and O–H groups in total. The van der Waals surface area contributed by atoms with E-state index in [1.807, 2.05) is 0 Å². The third-order valence-electron chi connectivity index (χ3n) is 2.38. The molecule has 6 nitrogen and oxygen atoms in total. The van der Waals surface area contributed by atoms with Gasteiger partial charge in [-0.2, -0.15) is 8.78 Å². The Morgan fingerprint density at radius 3 is 2.68 bits per heavy atom. The molecule has 1 aromatic heterocycles. The fourth-order valence-corrected chi connectivity index (χ4v) is 1.37. The van der Waals surface area contributed by atoms with Crippen LogP contribution in [0.5, 0.6) is 0 Å². The first-order valence-electron chi connectivity index (χ1n) is 5.53. The first-order chi connectivity index (χ1) is 8.88. The quantitative estimate of drug-likeness (QED) is 0.567. The third-order valence-corrected chi connectivity index (χ3v) is 2.38. The molecule has 1 atom stereocenters. The maximum absolute atomic E-state index is 13.0. The first-order valence-corrected chi connectivity index (χ1v) is 5.53. The molecule has 0 fully saturated rings. The fourth-order valence-electron chi connectivity index (χ4n) is 1.37. The summed E-state index contributed by atoms with van der Waals surface area (Å²) in [7, 11) is 1.51. The topological polar surface area (TPSA) is 64.9 Å². The smallest absolute Gasteiger partial charge is 0.326 e. The first kappa shape index (κ1) is 15.8. The highest BCUT2D eigenvalue weighted by atomic mass is 19.3. The van der Waals surface area contributed by atoms with Gasteiger partial charge in [0.1, 0.15) is 6.54 Å². The zero-order valence-electron chi connectivity index (χ0n) is 10.5. The summed E-state index contributed by atoms with van der Waals surface area (Å²) in [5.74, 6) is -4.10. The molecular weight excluding hydrogens is 270 g/mol. The van der Waals surface area contributed by atoms with E-state index >= 15 is 0 Å². The Kier molecular flexibility index (Phi) is 5.60. The van der Waals surface area contributed by atoms with Gasteiger partial charge in [-0.25, -0.2) is 13.5 Å². The molecule has 1 rings (SSSR count). The van der Waals surface area contributed by atoms with Gasteiger partial charge in [-0.15, -0.1) is 5.10 Å². The highest BCUT2D eigenvalue weighted by Crippen LogP contribution is 2.25. The number of ether oxygens (including phenoxy) is 1. The average molecular weight is 285 g/mol. The van der Waals surface area contributed by atoms with Crippen molar-refractivity contribution in [3.8, 4) is 0 Å². The van der Waals surface area contributed by atoms with Gasteiger partial charge < -0.3 is 10.1 Å². The van der Waals surface area contributed by atoms with Crippen molar-refractivity contribution in [2.45, 2.75) is 31.9 Å². The second-order valence-corrected chi connectivity index (χ2v) is 3.93. The number of aromatic nitrogens is 4. The third kappa shape index (κ3) is 4.39. The van der Waals surface area contributed by atoms with E-state index in [0.717, 1.165) is 0 Å². The highest BCUT2D eigenvalue weighted by Gasteiger charge is 2.42. The Hall–Kier alpha value is -1.29. The van der Waals surface area contributed by atoms with Crippen LogP contribution in [0, 0.1) is 0 Å². The monoisotopic (exact) mass is 285 g/mol. The molecule has 1 unspecified atom stereocenters. The van der Waals surface area contributed by atoms with E-state index in [-0.39, 0.29) is 5.82 Å². The van der Waals surface area contributed by atoms with Gasteiger partial charge in [-0.3, -0.25) is 0 Å². The van der Waals surface area contributed by atoms with Crippen molar-refractivity contribution in [2.75, 3.05) is 20.3 Å². The number of methoxy groups -OCH3 is 1. The van der Waals surface area contributed by atoms with Crippen LogP contribution >= 0.6 is 0 Å². The van der Waals surface area contributed by atoms with E-state index in [2.05, 4.69) is 20.8 Å². The summed E-state index contributed by atoms with van der Waals surface area (Å²) in [6.07, 6.45) is -3.76. The van der Waals surface area contributed by atoms with Gasteiger partial charge >= 0.3 is 12.3 Å². The van der Waals surface area contributed by atoms with E-state index in [0.29, 0.717) is 17.8 Å². The normalized spacial score (nSPS) is 14.1. The van der Waals surface area contributed by atoms with Crippen LogP contribution in [0.4, 0.5) is 17.6 Å². The van der Waals surface area contributed by atoms with Crippen LogP contribution in [0.3, 0.4) is 0 Å². The van der Waals surface area contributed by atoms with Gasteiger partial charge in [0.25, 0.3) is 0 Å². The molecule has 110 valence electrons. The maximum Gasteiger partial charge on any atom is 0.326 e. The predicted molar refractivity (Wildman–Crippen MR) is 57.1 cm³/mol. The molecule has 1 aromatic rings. The van der Waals surface area contributed by atoms with E-state index in [1.165, 1.54) is 7.11 Å². The van der Waals surface area contributed by atoms with Crippen LogP contribution in [0.2, 0.25) is 0 Å². The molecule has 10 heteroatoms. The number of rotatable bonds is 8. The number of hydrogen-bond acceptors (Lipinski definition) is 5. The van der Waals surface area contributed by atoms with Crippen LogP contribution in [0.15, 0.2) is 0 Å². The van der Waals surface area contributed by atoms with Crippen LogP contribution in [0.25, 0.3) is 0 Å². The molecule has 0 saturated carbocycles. The standard InChI is InChI=1S/C9H15F4N5O/c1-6(14-3-4-19-2)7-15-16-17-18(7)5-9(12,13)8(10)11/h6,8,14H,3-5H2,1-2H3. The van der Waals surface area contributed by atoms with Crippen molar-refractivity contribution in [3.05, 3.63) is 5.82 Å². The minimum atomic E-state index is -4.17. The summed E-state index contributed by atoms with van der Waals surface area (Å²) in [5, 5.41) is 13.0. The SMILES string of the molecule is COCCNC(C)c1nnnn1CC(F)(F)C(F)F. The maximum atomic E-state index is 13.0. The van der Waals surface area contributed by atoms with Crippen molar-refractivity contribution >= 4 is 0 Å². The van der Waals surface area contributed by atoms with Crippen molar-refractivity contribution < 1.29 is 22.3 Å². The second kappa shape index (κ2) is 6.75. The Bertz CT molecular complexity index is 386. The number of tetrazole rings is 1. The molecule has 0 saturated heterocycles. The molecule has 1 heterocycles. The molecular formula is C9H15F4N5O. The Labute approximate surface area is 107 Å². The van der Waals surface area contributed by atoms with Crippen LogP contribution < -0.4 is 5.32 Å². The molecule has 0 aromatic carbocycles. The lowest BCUT2D eigenvalue weighted by molar-refractivity contribution is -0.140. The van der Waals surface area contributed by atoms with Crippen LogP contribution in [-0.2, 0) is 11.3 Å². The molecule has 0 radical (unpaired) electrons. The minimum absolute atomic E-state index is 0.0661. The fraction of sp³-hybridized carbons (Fsp3) is 0.889. The Balaban J connectivity index is 2.69. The molecule has 0 spiro atoms. The lowest BCUT2D eigenvalue weighted by atomic mass is 10.3. The predicted octanol–water partition coefficient (Wildman–Crippen LogP) is 0.870. The Morgan fingerprint density at radius 1 is 1.42 bits per heavy atom. The van der Waals surface area contributed by atoms with Crippen molar-refractivity contribution in [2.24, 2.45) is 0 Å². The molecule has 0 aliphatic rings. The van der Waals surface area contributed by atoms with Gasteiger partial charge in [0.2, 0.25) is 0 Å². The summed E-state index contributed by atoms with van der Waals surface area (Å²) in [4.78, 5) is 0. The summed E-state index contributed by atoms with van der Waals surface area (Å²) in [6, 6.07) is -0.460. The Morgan fingerprint density at radius 2 is 2.11 bits per heavy atom. The summed E-state index contributed by atoms with van der Waals surface area (Å²) >= 11 is 0. The van der Waals surface area contributed by atoms with E-state index in [9.17, 15) is 17.6 Å². The average Bonchev–Trinajstić information content (AvgIpc) is 2.76. The van der Waals surface area contributed by atoms with Gasteiger partial charge in [0.05, 0.1) is 12.6 Å². The molecule has 0 bridgehead atoms. The number of halogens is 4. The van der Waals surface area contributed by atoms with Gasteiger partial charge in [0, 0.05) is 13.7 Å². The highest BCUT2D eigenvalue weighted by molar-refractivity contribution is 4.91. The van der Waals surface area contributed by atoms with Gasteiger partial charge in [-0.05, 0) is 17.4 Å². The van der Waals surface area contributed by atoms with Crippen molar-refractivity contribution in [1.29, 1.82) is 0 Å². The molecule has 19 heavy (non-hydrogen) atoms. The summed E-state index contributed by atoms with van der Waals surface area (Å²) in [5.41, 5.74) is 0. The molecule has 0 aliphatic carbocycles. The van der Waals surface area contributed by atoms with Crippen LogP contribution in [0.1, 0.15) is 18.8 Å². The van der Waals surface area contributed by atoms with E-state index in [4.69, 9.17) is 4.74 Å². The van der Waals surface area contributed by atoms with Crippen molar-refractivity contribution in [3.63, 3.8) is 0 Å². The van der Waals surface area contributed by atoms with Crippen molar-refractivity contribution in [1.82, 2.24) is 25.5 Å². The lowest BCUT2D eigenvalue weighted by Gasteiger charge is -2.17. The number of nitrogens with zero attached hydrogens (tertiary/aromatic N) is 4. The molecule has 0 amide bonds. The van der Waals surface area contributed by atoms with Crippen LogP contribution in [-0.4, -0.2) is 52.8 Å². The van der Waals surface area contributed by atoms with E-state index in [1.54, 1.807) is 6.92 Å². The summed E-state index contributed by atoms with van der Waals surface area (Å²) < 4.78 is 55.6. The lowest BCUT2D eigenvalue weighted by Crippen LogP contribution is -2.34. The minimum Gasteiger partial charge on any atom is -0.383 e. The molecule has 0 aliphatic heterocycles.